The summed E-state index contributed by atoms with van der Waals surface area (Å²) in [6.45, 7) is 15.8. The Balaban J connectivity index is 2.16. The minimum absolute atomic E-state index is 0.00500. The summed E-state index contributed by atoms with van der Waals surface area (Å²) in [6, 6.07) is 0. The van der Waals surface area contributed by atoms with Gasteiger partial charge >= 0.3 is 11.9 Å². The lowest BCUT2D eigenvalue weighted by atomic mass is 9.90. The molecule has 0 spiro atoms. The van der Waals surface area contributed by atoms with Gasteiger partial charge in [-0.15, -0.1) is 0 Å². The predicted octanol–water partition coefficient (Wildman–Crippen LogP) is 5.08. The molecule has 11 unspecified atom stereocenters. The van der Waals surface area contributed by atoms with E-state index in [1.165, 1.54) is 6.92 Å². The molecule has 246 valence electrons. The lowest BCUT2D eigenvalue weighted by molar-refractivity contribution is -0.156. The first-order chi connectivity index (χ1) is 20.2. The maximum absolute atomic E-state index is 12.8. The normalized spacial score (nSPS) is 34.6. The van der Waals surface area contributed by atoms with Gasteiger partial charge in [0.15, 0.2) is 0 Å². The monoisotopic (exact) mass is 608 g/mol. The van der Waals surface area contributed by atoms with Crippen molar-refractivity contribution in [2.24, 2.45) is 17.8 Å². The Hall–Kier alpha value is -2.04. The highest BCUT2D eigenvalue weighted by Gasteiger charge is 2.51. The molecule has 2 aliphatic heterocycles. The summed E-state index contributed by atoms with van der Waals surface area (Å²) in [5.74, 6) is -0.776. The van der Waals surface area contributed by atoms with Gasteiger partial charge < -0.3 is 33.9 Å². The molecular formula is C34H56O9. The van der Waals surface area contributed by atoms with Gasteiger partial charge in [0.25, 0.3) is 0 Å². The maximum Gasteiger partial charge on any atom is 0.309 e. The summed E-state index contributed by atoms with van der Waals surface area (Å²) in [5, 5.41) is 21.5. The zero-order chi connectivity index (χ0) is 32.3. The van der Waals surface area contributed by atoms with Crippen LogP contribution in [0.5, 0.6) is 0 Å². The number of rotatable bonds is 12. The molecular weight excluding hydrogens is 552 g/mol. The van der Waals surface area contributed by atoms with Gasteiger partial charge in [0.2, 0.25) is 0 Å². The van der Waals surface area contributed by atoms with E-state index in [1.807, 2.05) is 39.0 Å². The average molecular weight is 609 g/mol. The molecule has 2 N–H and O–H groups in total. The lowest BCUT2D eigenvalue weighted by Gasteiger charge is -2.31. The smallest absolute Gasteiger partial charge is 0.309 e. The zero-order valence-corrected chi connectivity index (χ0v) is 27.7. The number of aliphatic hydroxyl groups excluding tert-OH is 1. The molecule has 0 aromatic rings. The molecule has 1 fully saturated rings. The molecule has 1 saturated heterocycles. The summed E-state index contributed by atoms with van der Waals surface area (Å²) in [4.78, 5) is 24.5. The van der Waals surface area contributed by atoms with Crippen LogP contribution in [-0.2, 0) is 33.3 Å². The molecule has 11 atom stereocenters. The molecule has 0 aromatic heterocycles. The van der Waals surface area contributed by atoms with Gasteiger partial charge in [0, 0.05) is 38.4 Å². The molecule has 0 saturated carbocycles. The van der Waals surface area contributed by atoms with E-state index in [4.69, 9.17) is 23.7 Å². The van der Waals surface area contributed by atoms with Gasteiger partial charge in [-0.05, 0) is 58.1 Å². The minimum atomic E-state index is -1.40. The van der Waals surface area contributed by atoms with E-state index >= 15 is 0 Å². The van der Waals surface area contributed by atoms with E-state index in [2.05, 4.69) is 26.8 Å². The molecule has 0 amide bonds. The summed E-state index contributed by atoms with van der Waals surface area (Å²) in [7, 11) is 1.71. The van der Waals surface area contributed by atoms with Crippen LogP contribution in [0.1, 0.15) is 87.5 Å². The third-order valence-electron chi connectivity index (χ3n) is 8.67. The van der Waals surface area contributed by atoms with E-state index in [-0.39, 0.29) is 61.4 Å². The van der Waals surface area contributed by atoms with Crippen molar-refractivity contribution in [2.45, 2.75) is 136 Å². The van der Waals surface area contributed by atoms with Gasteiger partial charge in [-0.25, -0.2) is 0 Å². The fourth-order valence-corrected chi connectivity index (χ4v) is 5.96. The number of carbonyl (C=O) groups excluding carboxylic acids is 2. The van der Waals surface area contributed by atoms with E-state index in [1.54, 1.807) is 20.1 Å². The molecule has 9 nitrogen and oxygen atoms in total. The van der Waals surface area contributed by atoms with Crippen LogP contribution in [-0.4, -0.2) is 84.2 Å². The Morgan fingerprint density at radius 3 is 2.53 bits per heavy atom. The highest BCUT2D eigenvalue weighted by atomic mass is 16.6. The van der Waals surface area contributed by atoms with E-state index in [0.29, 0.717) is 13.0 Å². The molecule has 2 heterocycles. The number of esters is 2. The summed E-state index contributed by atoms with van der Waals surface area (Å²) in [6.07, 6.45) is 8.82. The summed E-state index contributed by atoms with van der Waals surface area (Å²) < 4.78 is 29.1. The largest absolute Gasteiger partial charge is 0.457 e. The van der Waals surface area contributed by atoms with Crippen LogP contribution >= 0.6 is 0 Å². The molecule has 2 aliphatic rings. The Morgan fingerprint density at radius 1 is 1.23 bits per heavy atom. The van der Waals surface area contributed by atoms with Crippen molar-refractivity contribution >= 4 is 11.9 Å². The quantitative estimate of drug-likeness (QED) is 0.135. The Bertz CT molecular complexity index is 971. The number of hydrogen-bond donors (Lipinski definition) is 2. The van der Waals surface area contributed by atoms with Crippen molar-refractivity contribution in [1.82, 2.24) is 0 Å². The van der Waals surface area contributed by atoms with Crippen LogP contribution < -0.4 is 0 Å². The standard InChI is InChI=1S/C34H56O9/c1-10-27(40-11-2)24(6)32-33(43-32)31(39-9)23(5)15-12-14-21(3)30-22(4)16-13-17-28(41-25(7)35)34(8,38)19-18-26(36)20-29(37)42-30/h12-15,17,22-24,26-28,30-33,36,38H,10-11,16,18-20H2,1-9H3/b15-12+,17-13+,21-14+. The van der Waals surface area contributed by atoms with Crippen LogP contribution in [0.3, 0.4) is 0 Å². The number of hydrogen-bond acceptors (Lipinski definition) is 9. The molecule has 0 bridgehead atoms. The lowest BCUT2D eigenvalue weighted by Crippen LogP contribution is -2.41. The minimum Gasteiger partial charge on any atom is -0.457 e. The Labute approximate surface area is 258 Å². The second-order valence-corrected chi connectivity index (χ2v) is 12.5. The van der Waals surface area contributed by atoms with Crippen molar-refractivity contribution in [2.75, 3.05) is 13.7 Å². The third kappa shape index (κ3) is 11.4. The number of aliphatic hydroxyl groups is 2. The van der Waals surface area contributed by atoms with Crippen LogP contribution in [0.25, 0.3) is 0 Å². The molecule has 43 heavy (non-hydrogen) atoms. The third-order valence-corrected chi connectivity index (χ3v) is 8.67. The van der Waals surface area contributed by atoms with Crippen LogP contribution in [0.15, 0.2) is 36.0 Å². The van der Waals surface area contributed by atoms with Crippen molar-refractivity contribution in [3.63, 3.8) is 0 Å². The second kappa shape index (κ2) is 17.4. The van der Waals surface area contributed by atoms with Gasteiger partial charge in [-0.3, -0.25) is 9.59 Å². The second-order valence-electron chi connectivity index (χ2n) is 12.5. The van der Waals surface area contributed by atoms with E-state index < -0.39 is 35.9 Å². The highest BCUT2D eigenvalue weighted by molar-refractivity contribution is 5.70. The fourth-order valence-electron chi connectivity index (χ4n) is 5.96. The number of epoxide rings is 1. The number of ether oxygens (including phenoxy) is 5. The van der Waals surface area contributed by atoms with E-state index in [0.717, 1.165) is 12.0 Å². The van der Waals surface area contributed by atoms with Gasteiger partial charge in [-0.1, -0.05) is 52.0 Å². The first kappa shape index (κ1) is 37.1. The molecule has 9 heteroatoms. The number of cyclic esters (lactones) is 1. The maximum atomic E-state index is 12.8. The van der Waals surface area contributed by atoms with Crippen molar-refractivity contribution in [1.29, 1.82) is 0 Å². The average Bonchev–Trinajstić information content (AvgIpc) is 3.72. The molecule has 0 aromatic carbocycles. The first-order valence-corrected chi connectivity index (χ1v) is 15.8. The van der Waals surface area contributed by atoms with Crippen LogP contribution in [0.4, 0.5) is 0 Å². The zero-order valence-electron chi connectivity index (χ0n) is 27.7. The SMILES string of the molecule is CCOC(CC)C(C)C1OC1C(OC)C(C)/C=C/C=C(\C)C1OC(=O)CC(O)CCC(C)(O)C(OC(C)=O)/C=C/CC1C. The summed E-state index contributed by atoms with van der Waals surface area (Å²) in [5.41, 5.74) is -0.540. The fraction of sp³-hybridized carbons (Fsp3) is 0.765. The predicted molar refractivity (Wildman–Crippen MR) is 165 cm³/mol. The van der Waals surface area contributed by atoms with Crippen molar-refractivity contribution in [3.05, 3.63) is 36.0 Å². The van der Waals surface area contributed by atoms with E-state index in [9.17, 15) is 19.8 Å². The summed E-state index contributed by atoms with van der Waals surface area (Å²) >= 11 is 0. The van der Waals surface area contributed by atoms with Crippen LogP contribution in [0, 0.1) is 17.8 Å². The van der Waals surface area contributed by atoms with Crippen LogP contribution in [0.2, 0.25) is 0 Å². The molecule has 2 rings (SSSR count). The highest BCUT2D eigenvalue weighted by Crippen LogP contribution is 2.39. The van der Waals surface area contributed by atoms with Crippen molar-refractivity contribution in [3.8, 4) is 0 Å². The van der Waals surface area contributed by atoms with Gasteiger partial charge in [0.05, 0.1) is 30.8 Å². The van der Waals surface area contributed by atoms with Gasteiger partial charge in [0.1, 0.15) is 23.9 Å². The molecule has 0 radical (unpaired) electrons. The topological polar surface area (TPSA) is 124 Å². The van der Waals surface area contributed by atoms with Crippen molar-refractivity contribution < 1.29 is 43.5 Å². The number of carbonyl (C=O) groups is 2. The molecule has 0 aliphatic carbocycles. The van der Waals surface area contributed by atoms with Gasteiger partial charge in [-0.2, -0.15) is 0 Å². The Kier molecular flexibility index (Phi) is 15.1. The Morgan fingerprint density at radius 2 is 1.93 bits per heavy atom. The number of methoxy groups -OCH3 is 1. The first-order valence-electron chi connectivity index (χ1n) is 15.8. The number of allylic oxidation sites excluding steroid dienone is 3.